The molecule has 0 aliphatic carbocycles. The van der Waals surface area contributed by atoms with Crippen LogP contribution < -0.4 is 10.0 Å². The van der Waals surface area contributed by atoms with Crippen LogP contribution in [0.15, 0.2) is 42.7 Å². The summed E-state index contributed by atoms with van der Waals surface area (Å²) in [7, 11) is -3.66. The number of carboxylic acid groups (broad SMARTS) is 1. The molecular formula is C21H24FN3O6S2. The molecule has 0 saturated heterocycles. The van der Waals surface area contributed by atoms with Gasteiger partial charge in [0.2, 0.25) is 10.0 Å². The van der Waals surface area contributed by atoms with Crippen LogP contribution in [-0.4, -0.2) is 53.2 Å². The number of hydrogen-bond donors (Lipinski definition) is 3. The van der Waals surface area contributed by atoms with Gasteiger partial charge >= 0.3 is 5.97 Å². The minimum atomic E-state index is -3.66. The summed E-state index contributed by atoms with van der Waals surface area (Å²) in [6.07, 6.45) is 1.78. The average molecular weight is 498 g/mol. The highest BCUT2D eigenvalue weighted by molar-refractivity contribution is 7.99. The van der Waals surface area contributed by atoms with E-state index >= 15 is 0 Å². The fourth-order valence-corrected chi connectivity index (χ4v) is 4.12. The van der Waals surface area contributed by atoms with Gasteiger partial charge < -0.3 is 10.4 Å². The van der Waals surface area contributed by atoms with E-state index < -0.39 is 45.4 Å². The molecule has 1 atom stereocenters. The summed E-state index contributed by atoms with van der Waals surface area (Å²) in [4.78, 5) is 40.2. The van der Waals surface area contributed by atoms with Gasteiger partial charge in [-0.1, -0.05) is 12.1 Å². The predicted octanol–water partition coefficient (Wildman–Crippen LogP) is 2.45. The third kappa shape index (κ3) is 8.46. The standard InChI is InChI=1S/C21H24FN3O6S2/c1-13(2)33(30,31)25-17-7-15(9-23-10-17)21(29)24-18(8-20(27)28)19(26)12-32-11-14-3-5-16(22)6-4-14/h3-7,9-10,13,18,25H,8,11-12H2,1-2H3,(H,24,29)(H,27,28)/t18-/m0/s1. The van der Waals surface area contributed by atoms with Crippen LogP contribution in [0, 0.1) is 5.82 Å². The normalized spacial score (nSPS) is 12.2. The molecule has 0 radical (unpaired) electrons. The maximum Gasteiger partial charge on any atom is 0.305 e. The van der Waals surface area contributed by atoms with E-state index in [2.05, 4.69) is 15.0 Å². The lowest BCUT2D eigenvalue weighted by atomic mass is 10.1. The quantitative estimate of drug-likeness (QED) is 0.406. The Bertz CT molecular complexity index is 1110. The first-order chi connectivity index (χ1) is 15.5. The van der Waals surface area contributed by atoms with Crippen LogP contribution in [-0.2, 0) is 25.4 Å². The Balaban J connectivity index is 2.04. The zero-order valence-electron chi connectivity index (χ0n) is 17.9. The van der Waals surface area contributed by atoms with Gasteiger partial charge in [-0.05, 0) is 37.6 Å². The molecule has 33 heavy (non-hydrogen) atoms. The fraction of sp³-hybridized carbons (Fsp3) is 0.333. The van der Waals surface area contributed by atoms with Crippen LogP contribution in [0.4, 0.5) is 10.1 Å². The van der Waals surface area contributed by atoms with Crippen LogP contribution in [0.2, 0.25) is 0 Å². The molecule has 0 saturated carbocycles. The van der Waals surface area contributed by atoms with E-state index in [1.165, 1.54) is 56.2 Å². The minimum Gasteiger partial charge on any atom is -0.481 e. The second-order valence-corrected chi connectivity index (χ2v) is 10.6. The maximum absolute atomic E-state index is 13.0. The lowest BCUT2D eigenvalue weighted by molar-refractivity contribution is -0.139. The topological polar surface area (TPSA) is 143 Å². The number of carboxylic acids is 1. The first-order valence-corrected chi connectivity index (χ1v) is 12.5. The molecular weight excluding hydrogens is 473 g/mol. The van der Waals surface area contributed by atoms with Crippen molar-refractivity contribution in [1.29, 1.82) is 0 Å². The molecule has 12 heteroatoms. The highest BCUT2D eigenvalue weighted by Gasteiger charge is 2.24. The number of Topliss-reactive ketones (excluding diaryl/α,β-unsaturated/α-hetero) is 1. The number of rotatable bonds is 12. The molecule has 0 aliphatic rings. The molecule has 0 fully saturated rings. The smallest absolute Gasteiger partial charge is 0.305 e. The fourth-order valence-electron chi connectivity index (χ4n) is 2.51. The van der Waals surface area contributed by atoms with Crippen molar-refractivity contribution < 1.29 is 32.3 Å². The van der Waals surface area contributed by atoms with Crippen molar-refractivity contribution >= 4 is 45.1 Å². The largest absolute Gasteiger partial charge is 0.481 e. The molecule has 1 heterocycles. The Kier molecular flexibility index (Phi) is 9.35. The lowest BCUT2D eigenvalue weighted by Gasteiger charge is -2.16. The second-order valence-electron chi connectivity index (χ2n) is 7.37. The van der Waals surface area contributed by atoms with Crippen molar-refractivity contribution in [2.75, 3.05) is 10.5 Å². The van der Waals surface area contributed by atoms with Gasteiger partial charge in [-0.25, -0.2) is 12.8 Å². The molecule has 2 rings (SSSR count). The van der Waals surface area contributed by atoms with Gasteiger partial charge in [-0.3, -0.25) is 24.1 Å². The molecule has 0 aliphatic heterocycles. The summed E-state index contributed by atoms with van der Waals surface area (Å²) in [5, 5.41) is 10.8. The number of aromatic nitrogens is 1. The van der Waals surface area contributed by atoms with E-state index in [0.29, 0.717) is 5.75 Å². The van der Waals surface area contributed by atoms with E-state index in [4.69, 9.17) is 5.11 Å². The average Bonchev–Trinajstić information content (AvgIpc) is 2.74. The molecule has 9 nitrogen and oxygen atoms in total. The van der Waals surface area contributed by atoms with Crippen LogP contribution in [0.1, 0.15) is 36.2 Å². The van der Waals surface area contributed by atoms with Crippen molar-refractivity contribution in [3.05, 3.63) is 59.7 Å². The number of carbonyl (C=O) groups excluding carboxylic acids is 2. The lowest BCUT2D eigenvalue weighted by Crippen LogP contribution is -2.43. The number of thioether (sulfide) groups is 1. The number of anilines is 1. The van der Waals surface area contributed by atoms with Crippen LogP contribution >= 0.6 is 11.8 Å². The Morgan fingerprint density at radius 2 is 1.82 bits per heavy atom. The number of aliphatic carboxylic acids is 1. The summed E-state index contributed by atoms with van der Waals surface area (Å²) >= 11 is 1.20. The first-order valence-electron chi connectivity index (χ1n) is 9.82. The highest BCUT2D eigenvalue weighted by Crippen LogP contribution is 2.15. The van der Waals surface area contributed by atoms with Crippen molar-refractivity contribution in [2.24, 2.45) is 0 Å². The van der Waals surface area contributed by atoms with Crippen molar-refractivity contribution in [2.45, 2.75) is 37.3 Å². The summed E-state index contributed by atoms with van der Waals surface area (Å²) in [6, 6.07) is 5.72. The van der Waals surface area contributed by atoms with Crippen LogP contribution in [0.25, 0.3) is 0 Å². The Hall–Kier alpha value is -2.99. The summed E-state index contributed by atoms with van der Waals surface area (Å²) in [6.45, 7) is 2.98. The maximum atomic E-state index is 13.0. The van der Waals surface area contributed by atoms with Crippen molar-refractivity contribution in [1.82, 2.24) is 10.3 Å². The Morgan fingerprint density at radius 3 is 2.42 bits per heavy atom. The number of carbonyl (C=O) groups is 3. The zero-order valence-corrected chi connectivity index (χ0v) is 19.6. The number of pyridine rings is 1. The second kappa shape index (κ2) is 11.8. The van der Waals surface area contributed by atoms with Gasteiger partial charge in [0.15, 0.2) is 5.78 Å². The van der Waals surface area contributed by atoms with E-state index in [1.54, 1.807) is 12.1 Å². The molecule has 1 aromatic carbocycles. The van der Waals surface area contributed by atoms with Gasteiger partial charge in [0.25, 0.3) is 5.91 Å². The summed E-state index contributed by atoms with van der Waals surface area (Å²) < 4.78 is 39.3. The van der Waals surface area contributed by atoms with Gasteiger partial charge in [0.05, 0.1) is 40.9 Å². The first kappa shape index (κ1) is 26.3. The third-order valence-corrected chi connectivity index (χ3v) is 7.17. The number of benzene rings is 1. The molecule has 2 aromatic rings. The molecule has 0 unspecified atom stereocenters. The zero-order chi connectivity index (χ0) is 24.6. The van der Waals surface area contributed by atoms with E-state index in [0.717, 1.165) is 5.56 Å². The number of ketones is 1. The monoisotopic (exact) mass is 497 g/mol. The van der Waals surface area contributed by atoms with Crippen LogP contribution in [0.3, 0.4) is 0 Å². The van der Waals surface area contributed by atoms with Gasteiger partial charge in [0, 0.05) is 11.9 Å². The van der Waals surface area contributed by atoms with Gasteiger partial charge in [-0.15, -0.1) is 11.8 Å². The van der Waals surface area contributed by atoms with Crippen molar-refractivity contribution in [3.63, 3.8) is 0 Å². The highest BCUT2D eigenvalue weighted by atomic mass is 32.2. The molecule has 3 N–H and O–H groups in total. The molecule has 178 valence electrons. The molecule has 0 spiro atoms. The number of nitrogens with one attached hydrogen (secondary N) is 2. The van der Waals surface area contributed by atoms with Crippen molar-refractivity contribution in [3.8, 4) is 0 Å². The number of amides is 1. The third-order valence-electron chi connectivity index (χ3n) is 4.38. The molecule has 1 aromatic heterocycles. The van der Waals surface area contributed by atoms with Crippen LogP contribution in [0.5, 0.6) is 0 Å². The minimum absolute atomic E-state index is 0.0406. The Morgan fingerprint density at radius 1 is 1.15 bits per heavy atom. The van der Waals surface area contributed by atoms with E-state index in [1.807, 2.05) is 0 Å². The predicted molar refractivity (Wildman–Crippen MR) is 123 cm³/mol. The van der Waals surface area contributed by atoms with Gasteiger partial charge in [-0.2, -0.15) is 0 Å². The molecule has 1 amide bonds. The number of hydrogen-bond acceptors (Lipinski definition) is 7. The number of sulfonamides is 1. The van der Waals surface area contributed by atoms with Gasteiger partial charge in [0.1, 0.15) is 5.82 Å². The SMILES string of the molecule is CC(C)S(=O)(=O)Nc1cncc(C(=O)N[C@@H](CC(=O)O)C(=O)CSCc2ccc(F)cc2)c1. The van der Waals surface area contributed by atoms with E-state index in [9.17, 15) is 27.2 Å². The summed E-state index contributed by atoms with van der Waals surface area (Å²) in [5.41, 5.74) is 0.813. The summed E-state index contributed by atoms with van der Waals surface area (Å²) in [5.74, 6) is -2.57. The molecule has 0 bridgehead atoms. The number of nitrogens with zero attached hydrogens (tertiary/aromatic N) is 1. The van der Waals surface area contributed by atoms with E-state index in [-0.39, 0.29) is 22.8 Å². The number of halogens is 1. The Labute approximate surface area is 195 Å².